The molecule has 0 aromatic carbocycles. The van der Waals surface area contributed by atoms with Gasteiger partial charge in [-0.1, -0.05) is 6.07 Å². The Morgan fingerprint density at radius 3 is 2.61 bits per heavy atom. The Bertz CT molecular complexity index is 744. The van der Waals surface area contributed by atoms with Gasteiger partial charge in [0.2, 0.25) is 10.0 Å². The number of sulfonamides is 1. The van der Waals surface area contributed by atoms with E-state index in [1.807, 2.05) is 19.9 Å². The Kier molecular flexibility index (Phi) is 5.22. The van der Waals surface area contributed by atoms with Gasteiger partial charge in [0.25, 0.3) is 0 Å². The second-order valence-electron chi connectivity index (χ2n) is 5.90. The van der Waals surface area contributed by atoms with E-state index in [9.17, 15) is 8.42 Å². The number of hydrogen-bond acceptors (Lipinski definition) is 5. The van der Waals surface area contributed by atoms with Crippen LogP contribution in [0.15, 0.2) is 28.5 Å². The largest absolute Gasteiger partial charge is 0.294 e. The number of likely N-dealkylation sites (tertiary alicyclic amines) is 1. The molecule has 0 saturated carbocycles. The van der Waals surface area contributed by atoms with Crippen LogP contribution in [0.5, 0.6) is 0 Å². The van der Waals surface area contributed by atoms with Gasteiger partial charge in [0.05, 0.1) is 10.9 Å². The molecule has 1 saturated heterocycles. The van der Waals surface area contributed by atoms with Gasteiger partial charge in [0, 0.05) is 21.2 Å². The zero-order valence-electron chi connectivity index (χ0n) is 13.4. The predicted molar refractivity (Wildman–Crippen MR) is 96.8 cm³/mol. The molecule has 2 aromatic rings. The first kappa shape index (κ1) is 17.1. The monoisotopic (exact) mass is 370 g/mol. The summed E-state index contributed by atoms with van der Waals surface area (Å²) in [6, 6.07) is 6.02. The lowest BCUT2D eigenvalue weighted by atomic mass is 10.2. The molecule has 0 amide bonds. The highest BCUT2D eigenvalue weighted by Gasteiger charge is 2.27. The molecule has 1 aliphatic heterocycles. The number of nitrogens with zero attached hydrogens (tertiary/aromatic N) is 1. The van der Waals surface area contributed by atoms with E-state index >= 15 is 0 Å². The summed E-state index contributed by atoms with van der Waals surface area (Å²) in [5.41, 5.74) is 0. The predicted octanol–water partition coefficient (Wildman–Crippen LogP) is 3.54. The van der Waals surface area contributed by atoms with Crippen LogP contribution in [0.3, 0.4) is 0 Å². The minimum atomic E-state index is -3.45. The highest BCUT2D eigenvalue weighted by atomic mass is 32.2. The lowest BCUT2D eigenvalue weighted by Gasteiger charge is -2.26. The molecule has 3 heterocycles. The van der Waals surface area contributed by atoms with Gasteiger partial charge in [-0.2, -0.15) is 0 Å². The third-order valence-corrected chi connectivity index (χ3v) is 7.82. The van der Waals surface area contributed by atoms with E-state index in [2.05, 4.69) is 21.1 Å². The topological polar surface area (TPSA) is 49.4 Å². The summed E-state index contributed by atoms with van der Waals surface area (Å²) in [5.74, 6) is 0. The van der Waals surface area contributed by atoms with E-state index in [0.717, 1.165) is 22.8 Å². The molecule has 7 heteroatoms. The van der Waals surface area contributed by atoms with Crippen LogP contribution in [-0.4, -0.2) is 33.0 Å². The number of nitrogens with one attached hydrogen (secondary N) is 1. The molecule has 23 heavy (non-hydrogen) atoms. The summed E-state index contributed by atoms with van der Waals surface area (Å²) in [5, 5.41) is 2.05. The number of aryl methyl sites for hydroxylation is 2. The summed E-state index contributed by atoms with van der Waals surface area (Å²) in [4.78, 5) is 5.92. The maximum atomic E-state index is 12.6. The average Bonchev–Trinajstić information content (AvgIpc) is 3.21. The van der Waals surface area contributed by atoms with Crippen LogP contribution in [0.1, 0.15) is 33.5 Å². The lowest BCUT2D eigenvalue weighted by molar-refractivity contribution is 0.250. The van der Waals surface area contributed by atoms with Gasteiger partial charge in [0.1, 0.15) is 0 Å². The molecular weight excluding hydrogens is 348 g/mol. The quantitative estimate of drug-likeness (QED) is 0.846. The van der Waals surface area contributed by atoms with E-state index < -0.39 is 10.0 Å². The summed E-state index contributed by atoms with van der Waals surface area (Å²) >= 11 is 3.22. The SMILES string of the molecule is Cc1cc(S(=O)(=O)NCC(c2cccs2)N2CCCC2)c(C)s1. The van der Waals surface area contributed by atoms with Crippen molar-refractivity contribution in [3.63, 3.8) is 0 Å². The zero-order chi connectivity index (χ0) is 16.4. The highest BCUT2D eigenvalue weighted by Crippen LogP contribution is 2.29. The van der Waals surface area contributed by atoms with Gasteiger partial charge in [-0.3, -0.25) is 4.90 Å². The molecule has 1 atom stereocenters. The Morgan fingerprint density at radius 1 is 1.30 bits per heavy atom. The summed E-state index contributed by atoms with van der Waals surface area (Å²) < 4.78 is 28.1. The zero-order valence-corrected chi connectivity index (χ0v) is 15.9. The van der Waals surface area contributed by atoms with E-state index in [4.69, 9.17) is 0 Å². The number of thiophene rings is 2. The van der Waals surface area contributed by atoms with Crippen molar-refractivity contribution >= 4 is 32.7 Å². The molecule has 0 bridgehead atoms. The fourth-order valence-electron chi connectivity index (χ4n) is 3.08. The van der Waals surface area contributed by atoms with Crippen LogP contribution in [-0.2, 0) is 10.0 Å². The lowest BCUT2D eigenvalue weighted by Crippen LogP contribution is -2.36. The molecule has 1 N–H and O–H groups in total. The molecule has 0 radical (unpaired) electrons. The van der Waals surface area contributed by atoms with Gasteiger partial charge < -0.3 is 0 Å². The first-order chi connectivity index (χ1) is 11.0. The third-order valence-electron chi connectivity index (χ3n) is 4.20. The minimum Gasteiger partial charge on any atom is -0.294 e. The normalized spacial score (nSPS) is 17.7. The Hall–Kier alpha value is -0.730. The van der Waals surface area contributed by atoms with Crippen molar-refractivity contribution < 1.29 is 8.42 Å². The van der Waals surface area contributed by atoms with Crippen LogP contribution in [0, 0.1) is 13.8 Å². The smallest absolute Gasteiger partial charge is 0.241 e. The Labute approximate surface area is 146 Å². The number of hydrogen-bond donors (Lipinski definition) is 1. The van der Waals surface area contributed by atoms with E-state index in [1.54, 1.807) is 17.4 Å². The van der Waals surface area contributed by atoms with Gasteiger partial charge in [-0.25, -0.2) is 13.1 Å². The van der Waals surface area contributed by atoms with Gasteiger partial charge in [-0.15, -0.1) is 22.7 Å². The minimum absolute atomic E-state index is 0.132. The molecular formula is C16H22N2O2S3. The van der Waals surface area contributed by atoms with Gasteiger partial charge in [-0.05, 0) is 57.3 Å². The van der Waals surface area contributed by atoms with E-state index in [1.165, 1.54) is 29.1 Å². The van der Waals surface area contributed by atoms with Gasteiger partial charge >= 0.3 is 0 Å². The number of rotatable bonds is 6. The first-order valence-corrected chi connectivity index (χ1v) is 11.0. The molecule has 1 unspecified atom stereocenters. The first-order valence-electron chi connectivity index (χ1n) is 7.81. The Morgan fingerprint density at radius 2 is 2.04 bits per heavy atom. The second-order valence-corrected chi connectivity index (χ2v) is 10.1. The molecule has 1 aliphatic rings. The summed E-state index contributed by atoms with van der Waals surface area (Å²) in [6.45, 7) is 6.32. The molecule has 0 aliphatic carbocycles. The van der Waals surface area contributed by atoms with Gasteiger partial charge in [0.15, 0.2) is 0 Å². The van der Waals surface area contributed by atoms with Crippen LogP contribution in [0.25, 0.3) is 0 Å². The third kappa shape index (κ3) is 3.85. The van der Waals surface area contributed by atoms with Crippen molar-refractivity contribution in [3.8, 4) is 0 Å². The van der Waals surface area contributed by atoms with Crippen LogP contribution in [0.2, 0.25) is 0 Å². The van der Waals surface area contributed by atoms with Crippen LogP contribution in [0.4, 0.5) is 0 Å². The van der Waals surface area contributed by atoms with Crippen LogP contribution < -0.4 is 4.72 Å². The van der Waals surface area contributed by atoms with E-state index in [0.29, 0.717) is 11.4 Å². The highest BCUT2D eigenvalue weighted by molar-refractivity contribution is 7.89. The molecule has 2 aromatic heterocycles. The Balaban J connectivity index is 1.77. The van der Waals surface area contributed by atoms with Crippen molar-refractivity contribution in [2.75, 3.05) is 19.6 Å². The molecule has 0 spiro atoms. The molecule has 126 valence electrons. The summed E-state index contributed by atoms with van der Waals surface area (Å²) in [6.07, 6.45) is 2.38. The van der Waals surface area contributed by atoms with E-state index in [-0.39, 0.29) is 6.04 Å². The standard InChI is InChI=1S/C16H22N2O2S3/c1-12-10-16(13(2)22-12)23(19,20)17-11-14(15-6-5-9-21-15)18-7-3-4-8-18/h5-6,9-10,14,17H,3-4,7-8,11H2,1-2H3. The summed E-state index contributed by atoms with van der Waals surface area (Å²) in [7, 11) is -3.45. The molecule has 4 nitrogen and oxygen atoms in total. The fourth-order valence-corrected chi connectivity index (χ4v) is 6.54. The second kappa shape index (κ2) is 7.03. The van der Waals surface area contributed by atoms with Crippen molar-refractivity contribution in [1.29, 1.82) is 0 Å². The maximum Gasteiger partial charge on any atom is 0.241 e. The fraction of sp³-hybridized carbons (Fsp3) is 0.500. The van der Waals surface area contributed by atoms with Crippen molar-refractivity contribution in [1.82, 2.24) is 9.62 Å². The van der Waals surface area contributed by atoms with Crippen molar-refractivity contribution in [2.45, 2.75) is 37.6 Å². The maximum absolute atomic E-state index is 12.6. The molecule has 3 rings (SSSR count). The van der Waals surface area contributed by atoms with Crippen molar-refractivity contribution in [3.05, 3.63) is 38.2 Å². The van der Waals surface area contributed by atoms with Crippen LogP contribution >= 0.6 is 22.7 Å². The average molecular weight is 371 g/mol. The van der Waals surface area contributed by atoms with Crippen molar-refractivity contribution in [2.24, 2.45) is 0 Å². The molecule has 1 fully saturated rings.